The van der Waals surface area contributed by atoms with E-state index in [1.165, 1.54) is 30.9 Å². The zero-order chi connectivity index (χ0) is 19.1. The lowest BCUT2D eigenvalue weighted by atomic mass is 10.2. The molecule has 0 unspecified atom stereocenters. The number of carbonyl (C=O) groups excluding carboxylic acids is 1. The highest BCUT2D eigenvalue weighted by Gasteiger charge is 2.18. The number of rotatable bonds is 7. The summed E-state index contributed by atoms with van der Waals surface area (Å²) in [6.07, 6.45) is 0.992. The van der Waals surface area contributed by atoms with Crippen molar-refractivity contribution in [3.63, 3.8) is 0 Å². The zero-order valence-electron chi connectivity index (χ0n) is 16.3. The first kappa shape index (κ1) is 19.2. The third-order valence-corrected chi connectivity index (χ3v) is 5.19. The molecule has 0 spiro atoms. The van der Waals surface area contributed by atoms with E-state index in [2.05, 4.69) is 36.2 Å². The van der Waals surface area contributed by atoms with Crippen LogP contribution >= 0.6 is 0 Å². The minimum Gasteiger partial charge on any atom is -0.484 e. The molecule has 144 valence electrons. The van der Waals surface area contributed by atoms with Crippen molar-refractivity contribution < 1.29 is 14.4 Å². The zero-order valence-corrected chi connectivity index (χ0v) is 16.3. The number of likely N-dealkylation sites (N-methyl/N-ethyl adjacent to an activating group) is 1. The van der Waals surface area contributed by atoms with Gasteiger partial charge in [-0.15, -0.1) is 0 Å². The largest absolute Gasteiger partial charge is 0.484 e. The van der Waals surface area contributed by atoms with Crippen LogP contribution in [0, 0.1) is 0 Å². The number of nitrogens with one attached hydrogen (secondary N) is 2. The molecule has 1 heterocycles. The molecule has 0 aliphatic carbocycles. The molecule has 5 heteroatoms. The van der Waals surface area contributed by atoms with Gasteiger partial charge in [-0.05, 0) is 55.3 Å². The van der Waals surface area contributed by atoms with Crippen molar-refractivity contribution in [2.24, 2.45) is 0 Å². The van der Waals surface area contributed by atoms with Crippen LogP contribution in [-0.4, -0.2) is 45.2 Å². The van der Waals surface area contributed by atoms with Gasteiger partial charge in [0.15, 0.2) is 6.61 Å². The fraction of sp³-hybridized carbons (Fsp3) is 0.409. The molecular weight excluding hydrogens is 338 g/mol. The van der Waals surface area contributed by atoms with Crippen LogP contribution in [0.4, 0.5) is 11.4 Å². The van der Waals surface area contributed by atoms with Gasteiger partial charge in [0.1, 0.15) is 5.75 Å². The van der Waals surface area contributed by atoms with Crippen LogP contribution < -0.4 is 19.9 Å². The summed E-state index contributed by atoms with van der Waals surface area (Å²) in [5.74, 6) is 0.563. The van der Waals surface area contributed by atoms with E-state index in [1.54, 1.807) is 4.90 Å². The van der Waals surface area contributed by atoms with Gasteiger partial charge >= 0.3 is 0 Å². The molecule has 5 nitrogen and oxygen atoms in total. The number of hydrogen-bond acceptors (Lipinski definition) is 3. The third kappa shape index (κ3) is 5.47. The molecule has 2 N–H and O–H groups in total. The maximum Gasteiger partial charge on any atom is 0.262 e. The van der Waals surface area contributed by atoms with E-state index in [0.717, 1.165) is 25.2 Å². The highest BCUT2D eigenvalue weighted by Crippen LogP contribution is 2.18. The molecule has 2 aromatic rings. The first-order chi connectivity index (χ1) is 13.2. The minimum absolute atomic E-state index is 0.00891. The molecule has 0 radical (unpaired) electrons. The van der Waals surface area contributed by atoms with Crippen LogP contribution in [0.15, 0.2) is 48.5 Å². The van der Waals surface area contributed by atoms with Crippen LogP contribution in [0.5, 0.6) is 5.75 Å². The molecule has 1 aliphatic heterocycles. The topological polar surface area (TPSA) is 46.0 Å². The van der Waals surface area contributed by atoms with Crippen LogP contribution in [0.3, 0.4) is 0 Å². The maximum absolute atomic E-state index is 12.1. The van der Waals surface area contributed by atoms with E-state index in [-0.39, 0.29) is 12.5 Å². The number of benzene rings is 2. The number of amides is 1. The van der Waals surface area contributed by atoms with E-state index in [9.17, 15) is 4.79 Å². The average molecular weight is 369 g/mol. The Balaban J connectivity index is 1.46. The summed E-state index contributed by atoms with van der Waals surface area (Å²) in [7, 11) is 0. The Labute approximate surface area is 161 Å². The van der Waals surface area contributed by atoms with Crippen molar-refractivity contribution >= 4 is 17.3 Å². The second-order valence-electron chi connectivity index (χ2n) is 6.97. The standard InChI is InChI=1S/C22H29N3O2/c1-3-18-5-11-21(12-6-18)27-17-22(26)23-19-7-9-20(10-8-19)25-15-13-24(4-2)14-16-25/h5-12H,3-4,13-17H2,1-2H3,(H,23,26)/p+1. The van der Waals surface area contributed by atoms with Gasteiger partial charge in [-0.3, -0.25) is 4.79 Å². The van der Waals surface area contributed by atoms with Gasteiger partial charge in [-0.25, -0.2) is 0 Å². The van der Waals surface area contributed by atoms with Gasteiger partial charge in [0.25, 0.3) is 5.91 Å². The predicted octanol–water partition coefficient (Wildman–Crippen LogP) is 1.99. The van der Waals surface area contributed by atoms with E-state index in [0.29, 0.717) is 5.75 Å². The van der Waals surface area contributed by atoms with Gasteiger partial charge in [0, 0.05) is 11.4 Å². The second-order valence-corrected chi connectivity index (χ2v) is 6.97. The monoisotopic (exact) mass is 368 g/mol. The Bertz CT molecular complexity index is 720. The SMILES string of the molecule is CCc1ccc(OCC(=O)Nc2ccc(N3CC[NH+](CC)CC3)cc2)cc1. The number of nitrogens with zero attached hydrogens (tertiary/aromatic N) is 1. The van der Waals surface area contributed by atoms with Crippen molar-refractivity contribution in [2.75, 3.05) is 49.5 Å². The van der Waals surface area contributed by atoms with Crippen molar-refractivity contribution in [3.8, 4) is 5.75 Å². The molecule has 0 atom stereocenters. The Morgan fingerprint density at radius 3 is 2.30 bits per heavy atom. The van der Waals surface area contributed by atoms with E-state index >= 15 is 0 Å². The fourth-order valence-corrected chi connectivity index (χ4v) is 3.36. The summed E-state index contributed by atoms with van der Waals surface area (Å²) in [6.45, 7) is 10.1. The molecule has 2 aromatic carbocycles. The Morgan fingerprint density at radius 2 is 1.70 bits per heavy atom. The number of carbonyl (C=O) groups is 1. The van der Waals surface area contributed by atoms with E-state index in [4.69, 9.17) is 4.74 Å². The molecule has 3 rings (SSSR count). The van der Waals surface area contributed by atoms with Crippen molar-refractivity contribution in [1.29, 1.82) is 0 Å². The summed E-state index contributed by atoms with van der Waals surface area (Å²) in [5, 5.41) is 2.89. The quantitative estimate of drug-likeness (QED) is 0.786. The summed E-state index contributed by atoms with van der Waals surface area (Å²) in [5.41, 5.74) is 3.27. The molecule has 1 saturated heterocycles. The molecule has 1 aliphatic rings. The van der Waals surface area contributed by atoms with Crippen LogP contribution in [0.2, 0.25) is 0 Å². The molecule has 0 aromatic heterocycles. The first-order valence-electron chi connectivity index (χ1n) is 9.88. The summed E-state index contributed by atoms with van der Waals surface area (Å²) < 4.78 is 5.56. The summed E-state index contributed by atoms with van der Waals surface area (Å²) >= 11 is 0. The molecule has 0 bridgehead atoms. The Kier molecular flexibility index (Phi) is 6.71. The number of piperazine rings is 1. The third-order valence-electron chi connectivity index (χ3n) is 5.19. The predicted molar refractivity (Wildman–Crippen MR) is 110 cm³/mol. The van der Waals surface area contributed by atoms with Crippen LogP contribution in [0.1, 0.15) is 19.4 Å². The average Bonchev–Trinajstić information content (AvgIpc) is 2.73. The van der Waals surface area contributed by atoms with Gasteiger partial charge in [-0.1, -0.05) is 19.1 Å². The first-order valence-corrected chi connectivity index (χ1v) is 9.88. The molecule has 1 fully saturated rings. The van der Waals surface area contributed by atoms with Gasteiger partial charge in [-0.2, -0.15) is 0 Å². The van der Waals surface area contributed by atoms with Crippen molar-refractivity contribution in [3.05, 3.63) is 54.1 Å². The fourth-order valence-electron chi connectivity index (χ4n) is 3.36. The van der Waals surface area contributed by atoms with Crippen LogP contribution in [-0.2, 0) is 11.2 Å². The Morgan fingerprint density at radius 1 is 1.04 bits per heavy atom. The number of quaternary nitrogens is 1. The van der Waals surface area contributed by atoms with Crippen LogP contribution in [0.25, 0.3) is 0 Å². The second kappa shape index (κ2) is 9.42. The minimum atomic E-state index is -0.150. The van der Waals surface area contributed by atoms with E-state index in [1.807, 2.05) is 36.4 Å². The molecule has 27 heavy (non-hydrogen) atoms. The number of ether oxygens (including phenoxy) is 1. The number of anilines is 2. The van der Waals surface area contributed by atoms with Crippen molar-refractivity contribution in [2.45, 2.75) is 20.3 Å². The van der Waals surface area contributed by atoms with Gasteiger partial charge < -0.3 is 19.9 Å². The van der Waals surface area contributed by atoms with Crippen molar-refractivity contribution in [1.82, 2.24) is 0 Å². The molecule has 0 saturated carbocycles. The number of aryl methyl sites for hydroxylation is 1. The molecular formula is C22H30N3O2+. The summed E-state index contributed by atoms with van der Waals surface area (Å²) in [4.78, 5) is 16.2. The maximum atomic E-state index is 12.1. The summed E-state index contributed by atoms with van der Waals surface area (Å²) in [6, 6.07) is 15.9. The lowest BCUT2D eigenvalue weighted by molar-refractivity contribution is -0.898. The lowest BCUT2D eigenvalue weighted by Gasteiger charge is -2.33. The Hall–Kier alpha value is -2.53. The molecule has 1 amide bonds. The highest BCUT2D eigenvalue weighted by atomic mass is 16.5. The highest BCUT2D eigenvalue weighted by molar-refractivity contribution is 5.92. The van der Waals surface area contributed by atoms with Gasteiger partial charge in [0.05, 0.1) is 32.7 Å². The van der Waals surface area contributed by atoms with Gasteiger partial charge in [0.2, 0.25) is 0 Å². The van der Waals surface area contributed by atoms with E-state index < -0.39 is 0 Å². The lowest BCUT2D eigenvalue weighted by Crippen LogP contribution is -3.14. The smallest absolute Gasteiger partial charge is 0.262 e. The normalized spacial score (nSPS) is 14.8. The number of hydrogen-bond donors (Lipinski definition) is 2.